The summed E-state index contributed by atoms with van der Waals surface area (Å²) in [6, 6.07) is 9.11. The third-order valence-electron chi connectivity index (χ3n) is 5.87. The first-order chi connectivity index (χ1) is 16.4. The van der Waals surface area contributed by atoms with Crippen molar-refractivity contribution >= 4 is 17.7 Å². The number of aliphatic carboxylic acids is 1. The van der Waals surface area contributed by atoms with Gasteiger partial charge in [-0.2, -0.15) is 0 Å². The van der Waals surface area contributed by atoms with Crippen molar-refractivity contribution < 1.29 is 23.8 Å². The number of methoxy groups -OCH3 is 1. The van der Waals surface area contributed by atoms with E-state index in [1.165, 1.54) is 30.9 Å². The number of nitrogens with one attached hydrogen (secondary N) is 3. The van der Waals surface area contributed by atoms with Crippen molar-refractivity contribution in [3.8, 4) is 5.75 Å². The van der Waals surface area contributed by atoms with E-state index < -0.39 is 23.7 Å². The third-order valence-corrected chi connectivity index (χ3v) is 5.87. The van der Waals surface area contributed by atoms with E-state index in [1.54, 1.807) is 12.3 Å². The number of halogens is 1. The van der Waals surface area contributed by atoms with Crippen LogP contribution in [-0.4, -0.2) is 40.6 Å². The highest BCUT2D eigenvalue weighted by molar-refractivity contribution is 5.93. The van der Waals surface area contributed by atoms with Crippen molar-refractivity contribution in [2.75, 3.05) is 19.0 Å². The van der Waals surface area contributed by atoms with Gasteiger partial charge in [-0.05, 0) is 66.6 Å². The minimum Gasteiger partial charge on any atom is -0.494 e. The first-order valence-electron chi connectivity index (χ1n) is 11.2. The van der Waals surface area contributed by atoms with Gasteiger partial charge in [-0.3, -0.25) is 9.59 Å². The molecule has 0 radical (unpaired) electrons. The Morgan fingerprint density at radius 1 is 1.24 bits per heavy atom. The number of hydrogen-bond donors (Lipinski definition) is 4. The zero-order valence-electron chi connectivity index (χ0n) is 18.9. The van der Waals surface area contributed by atoms with Gasteiger partial charge >= 0.3 is 5.97 Å². The SMILES string of the molecule is COc1ccc([C@H](CC(=O)O)NC(=O)c2cc(CCc3ccc4c(n3)NCCC4)c[nH]2)cc1F. The molecule has 4 rings (SSSR count). The van der Waals surface area contributed by atoms with Crippen LogP contribution in [0.1, 0.15) is 51.8 Å². The number of aryl methyl sites for hydroxylation is 3. The van der Waals surface area contributed by atoms with Crippen molar-refractivity contribution in [2.45, 2.75) is 38.1 Å². The second-order valence-electron chi connectivity index (χ2n) is 8.28. The molecule has 0 fully saturated rings. The number of benzene rings is 1. The van der Waals surface area contributed by atoms with E-state index in [9.17, 15) is 19.1 Å². The Balaban J connectivity index is 1.41. The van der Waals surface area contributed by atoms with Gasteiger partial charge in [0.05, 0.1) is 19.6 Å². The number of ether oxygens (including phenoxy) is 1. The van der Waals surface area contributed by atoms with E-state index in [2.05, 4.69) is 21.7 Å². The fraction of sp³-hybridized carbons (Fsp3) is 0.320. The van der Waals surface area contributed by atoms with Gasteiger partial charge in [-0.15, -0.1) is 0 Å². The van der Waals surface area contributed by atoms with E-state index in [0.29, 0.717) is 17.7 Å². The Hall–Kier alpha value is -3.88. The largest absolute Gasteiger partial charge is 0.494 e. The van der Waals surface area contributed by atoms with Crippen molar-refractivity contribution in [1.29, 1.82) is 0 Å². The molecule has 8 nitrogen and oxygen atoms in total. The molecule has 1 amide bonds. The number of fused-ring (bicyclic) bond motifs is 1. The van der Waals surface area contributed by atoms with Gasteiger partial charge in [0, 0.05) is 18.4 Å². The fourth-order valence-electron chi connectivity index (χ4n) is 4.06. The molecule has 3 heterocycles. The summed E-state index contributed by atoms with van der Waals surface area (Å²) in [5.74, 6) is -1.21. The Morgan fingerprint density at radius 2 is 2.09 bits per heavy atom. The standard InChI is InChI=1S/C25H27FN4O4/c1-34-22-9-6-17(12-19(22)26)20(13-23(31)32)30-25(33)21-11-15(14-28-21)4-7-18-8-5-16-3-2-10-27-24(16)29-18/h5-6,8-9,11-12,14,20,28H,2-4,7,10,13H2,1H3,(H,27,29)(H,30,33)(H,31,32)/t20-/m0/s1. The molecule has 178 valence electrons. The first kappa shape index (κ1) is 23.3. The first-order valence-corrected chi connectivity index (χ1v) is 11.2. The molecule has 1 atom stereocenters. The summed E-state index contributed by atoms with van der Waals surface area (Å²) >= 11 is 0. The summed E-state index contributed by atoms with van der Waals surface area (Å²) in [7, 11) is 1.34. The van der Waals surface area contributed by atoms with Gasteiger partial charge in [-0.1, -0.05) is 12.1 Å². The predicted octanol–water partition coefficient (Wildman–Crippen LogP) is 3.65. The number of rotatable bonds is 9. The van der Waals surface area contributed by atoms with Crippen LogP contribution in [0, 0.1) is 5.82 Å². The van der Waals surface area contributed by atoms with Crippen molar-refractivity contribution in [3.63, 3.8) is 0 Å². The quantitative estimate of drug-likeness (QED) is 0.383. The summed E-state index contributed by atoms with van der Waals surface area (Å²) in [4.78, 5) is 31.8. The summed E-state index contributed by atoms with van der Waals surface area (Å²) < 4.78 is 19.0. The Morgan fingerprint density at radius 3 is 2.85 bits per heavy atom. The molecule has 4 N–H and O–H groups in total. The maximum atomic E-state index is 14.1. The van der Waals surface area contributed by atoms with Crippen LogP contribution >= 0.6 is 0 Å². The van der Waals surface area contributed by atoms with Crippen molar-refractivity contribution in [3.05, 3.63) is 76.5 Å². The van der Waals surface area contributed by atoms with E-state index in [-0.39, 0.29) is 12.2 Å². The highest BCUT2D eigenvalue weighted by Gasteiger charge is 2.21. The monoisotopic (exact) mass is 466 g/mol. The van der Waals surface area contributed by atoms with Crippen LogP contribution in [0.4, 0.5) is 10.2 Å². The van der Waals surface area contributed by atoms with Crippen LogP contribution in [0.2, 0.25) is 0 Å². The number of amides is 1. The average Bonchev–Trinajstić information content (AvgIpc) is 3.31. The maximum absolute atomic E-state index is 14.1. The predicted molar refractivity (Wildman–Crippen MR) is 125 cm³/mol. The van der Waals surface area contributed by atoms with E-state index in [0.717, 1.165) is 42.9 Å². The molecule has 9 heteroatoms. The molecule has 0 spiro atoms. The number of H-pyrrole nitrogens is 1. The molecule has 34 heavy (non-hydrogen) atoms. The van der Waals surface area contributed by atoms with E-state index >= 15 is 0 Å². The lowest BCUT2D eigenvalue weighted by atomic mass is 10.0. The summed E-state index contributed by atoms with van der Waals surface area (Å²) in [6.07, 6.45) is 4.94. The Kier molecular flexibility index (Phi) is 7.10. The molecule has 0 bridgehead atoms. The normalized spacial score (nSPS) is 13.5. The van der Waals surface area contributed by atoms with Gasteiger partial charge in [-0.25, -0.2) is 9.37 Å². The molecule has 0 aliphatic carbocycles. The minimum atomic E-state index is -1.11. The lowest BCUT2D eigenvalue weighted by molar-refractivity contribution is -0.137. The van der Waals surface area contributed by atoms with Crippen LogP contribution in [0.3, 0.4) is 0 Å². The number of nitrogens with zero attached hydrogens (tertiary/aromatic N) is 1. The summed E-state index contributed by atoms with van der Waals surface area (Å²) in [6.45, 7) is 0.936. The average molecular weight is 467 g/mol. The van der Waals surface area contributed by atoms with Crippen LogP contribution in [0.5, 0.6) is 5.75 Å². The summed E-state index contributed by atoms with van der Waals surface area (Å²) in [5.41, 5.74) is 3.79. The highest BCUT2D eigenvalue weighted by atomic mass is 19.1. The maximum Gasteiger partial charge on any atom is 0.305 e. The molecular formula is C25H27FN4O4. The number of carbonyl (C=O) groups excluding carboxylic acids is 1. The van der Waals surface area contributed by atoms with Crippen LogP contribution < -0.4 is 15.4 Å². The van der Waals surface area contributed by atoms with Crippen LogP contribution in [0.15, 0.2) is 42.6 Å². The smallest absolute Gasteiger partial charge is 0.305 e. The lowest BCUT2D eigenvalue weighted by Gasteiger charge is -2.18. The molecule has 1 aliphatic heterocycles. The molecule has 0 saturated heterocycles. The number of carboxylic acid groups (broad SMARTS) is 1. The Bertz CT molecular complexity index is 1190. The van der Waals surface area contributed by atoms with Crippen molar-refractivity contribution in [1.82, 2.24) is 15.3 Å². The van der Waals surface area contributed by atoms with Gasteiger partial charge in [0.25, 0.3) is 5.91 Å². The molecule has 0 saturated carbocycles. The van der Waals surface area contributed by atoms with Gasteiger partial charge in [0.2, 0.25) is 0 Å². The topological polar surface area (TPSA) is 116 Å². The molecule has 3 aromatic rings. The molecule has 1 aromatic carbocycles. The number of anilines is 1. The van der Waals surface area contributed by atoms with Gasteiger partial charge < -0.3 is 25.5 Å². The molecule has 1 aliphatic rings. The molecule has 2 aromatic heterocycles. The molecular weight excluding hydrogens is 439 g/mol. The zero-order valence-corrected chi connectivity index (χ0v) is 18.9. The lowest BCUT2D eigenvalue weighted by Crippen LogP contribution is -2.30. The number of aromatic amines is 1. The minimum absolute atomic E-state index is 0.0439. The molecule has 0 unspecified atom stereocenters. The number of carbonyl (C=O) groups is 2. The highest BCUT2D eigenvalue weighted by Crippen LogP contribution is 2.24. The second-order valence-corrected chi connectivity index (χ2v) is 8.28. The second kappa shape index (κ2) is 10.4. The van der Waals surface area contributed by atoms with Gasteiger partial charge in [0.15, 0.2) is 11.6 Å². The van der Waals surface area contributed by atoms with Crippen LogP contribution in [0.25, 0.3) is 0 Å². The number of pyridine rings is 1. The Labute approximate surface area is 196 Å². The van der Waals surface area contributed by atoms with E-state index in [4.69, 9.17) is 9.72 Å². The van der Waals surface area contributed by atoms with E-state index in [1.807, 2.05) is 6.07 Å². The summed E-state index contributed by atoms with van der Waals surface area (Å²) in [5, 5.41) is 15.3. The number of hydrogen-bond acceptors (Lipinski definition) is 5. The van der Waals surface area contributed by atoms with Gasteiger partial charge in [0.1, 0.15) is 11.5 Å². The van der Waals surface area contributed by atoms with Crippen LogP contribution in [-0.2, 0) is 24.1 Å². The number of aromatic nitrogens is 2. The van der Waals surface area contributed by atoms with Crippen molar-refractivity contribution in [2.24, 2.45) is 0 Å². The fourth-order valence-corrected chi connectivity index (χ4v) is 4.06. The zero-order chi connectivity index (χ0) is 24.1. The third kappa shape index (κ3) is 5.54. The number of carboxylic acids is 1.